The Balaban J connectivity index is 2.22. The molecule has 0 atom stereocenters. The maximum Gasteiger partial charge on any atom is 0.0769 e. The summed E-state index contributed by atoms with van der Waals surface area (Å²) >= 11 is 1.67. The van der Waals surface area contributed by atoms with E-state index in [2.05, 4.69) is 11.1 Å². The number of para-hydroxylation sites is 1. The Labute approximate surface area is 104 Å². The third kappa shape index (κ3) is 1.66. The van der Waals surface area contributed by atoms with Crippen LogP contribution in [0, 0.1) is 0 Å². The molecule has 4 N–H and O–H groups in total. The summed E-state index contributed by atoms with van der Waals surface area (Å²) in [5.41, 5.74) is 14.9. The van der Waals surface area contributed by atoms with Gasteiger partial charge in [-0.25, -0.2) is 0 Å². The van der Waals surface area contributed by atoms with Crippen LogP contribution in [0.1, 0.15) is 5.56 Å². The van der Waals surface area contributed by atoms with Crippen LogP contribution in [0.4, 0.5) is 17.1 Å². The Morgan fingerprint density at radius 2 is 1.76 bits per heavy atom. The number of rotatable bonds is 0. The molecule has 2 aromatic rings. The first-order valence-electron chi connectivity index (χ1n) is 5.24. The molecule has 0 aromatic heterocycles. The molecule has 3 rings (SSSR count). The topological polar surface area (TPSA) is 64.4 Å². The molecule has 3 nitrogen and oxygen atoms in total. The van der Waals surface area contributed by atoms with Gasteiger partial charge in [-0.05, 0) is 24.3 Å². The number of nitrogens with two attached hydrogens (primary N) is 2. The molecular weight excluding hydrogens is 230 g/mol. The molecule has 2 aromatic carbocycles. The number of anilines is 2. The average molecular weight is 241 g/mol. The third-order valence-corrected chi connectivity index (χ3v) is 3.84. The maximum atomic E-state index is 5.98. The SMILES string of the molecule is Nc1ccc2c(c1N)C=Nc1ccccc1S2. The van der Waals surface area contributed by atoms with Gasteiger partial charge in [0.05, 0.1) is 17.1 Å². The highest BCUT2D eigenvalue weighted by molar-refractivity contribution is 7.99. The predicted octanol–water partition coefficient (Wildman–Crippen LogP) is 3.07. The van der Waals surface area contributed by atoms with Crippen LogP contribution >= 0.6 is 11.8 Å². The molecule has 0 fully saturated rings. The minimum Gasteiger partial charge on any atom is -0.397 e. The van der Waals surface area contributed by atoms with Gasteiger partial charge in [-0.1, -0.05) is 23.9 Å². The summed E-state index contributed by atoms with van der Waals surface area (Å²) in [4.78, 5) is 6.67. The zero-order chi connectivity index (χ0) is 11.8. The van der Waals surface area contributed by atoms with Crippen molar-refractivity contribution < 1.29 is 0 Å². The molecule has 1 heterocycles. The fraction of sp³-hybridized carbons (Fsp3) is 0. The quantitative estimate of drug-likeness (QED) is 0.594. The molecule has 0 bridgehead atoms. The summed E-state index contributed by atoms with van der Waals surface area (Å²) in [6.07, 6.45) is 1.79. The molecule has 0 radical (unpaired) electrons. The highest BCUT2D eigenvalue weighted by Gasteiger charge is 2.13. The molecule has 0 amide bonds. The minimum atomic E-state index is 0.599. The molecule has 1 aliphatic rings. The van der Waals surface area contributed by atoms with Crippen LogP contribution in [0.5, 0.6) is 0 Å². The van der Waals surface area contributed by atoms with Gasteiger partial charge in [-0.3, -0.25) is 4.99 Å². The minimum absolute atomic E-state index is 0.599. The van der Waals surface area contributed by atoms with E-state index in [0.29, 0.717) is 11.4 Å². The van der Waals surface area contributed by atoms with Gasteiger partial charge in [-0.15, -0.1) is 0 Å². The molecule has 84 valence electrons. The second kappa shape index (κ2) is 3.82. The van der Waals surface area contributed by atoms with Crippen molar-refractivity contribution in [3.8, 4) is 0 Å². The van der Waals surface area contributed by atoms with E-state index in [1.165, 1.54) is 0 Å². The van der Waals surface area contributed by atoms with Gasteiger partial charge in [0.25, 0.3) is 0 Å². The van der Waals surface area contributed by atoms with E-state index in [0.717, 1.165) is 21.0 Å². The first-order chi connectivity index (χ1) is 8.25. The fourth-order valence-electron chi connectivity index (χ4n) is 1.76. The van der Waals surface area contributed by atoms with Crippen LogP contribution in [0.2, 0.25) is 0 Å². The lowest BCUT2D eigenvalue weighted by molar-refractivity contribution is 1.39. The molecule has 0 unspecified atom stereocenters. The highest BCUT2D eigenvalue weighted by Crippen LogP contribution is 2.41. The van der Waals surface area contributed by atoms with Gasteiger partial charge in [0.15, 0.2) is 0 Å². The standard InChI is InChI=1S/C13H11N3S/c14-9-5-6-11-8(13(9)15)7-16-10-3-1-2-4-12(10)17-11/h1-7H,14-15H2. The number of benzene rings is 2. The third-order valence-electron chi connectivity index (χ3n) is 2.70. The zero-order valence-corrected chi connectivity index (χ0v) is 9.87. The summed E-state index contributed by atoms with van der Waals surface area (Å²) in [5, 5.41) is 0. The Morgan fingerprint density at radius 3 is 2.65 bits per heavy atom. The second-order valence-electron chi connectivity index (χ2n) is 3.81. The molecule has 4 heteroatoms. The molecule has 0 spiro atoms. The Bertz CT molecular complexity index is 620. The summed E-state index contributed by atoms with van der Waals surface area (Å²) in [6, 6.07) is 11.9. The van der Waals surface area contributed by atoms with E-state index in [4.69, 9.17) is 11.5 Å². The smallest absolute Gasteiger partial charge is 0.0769 e. The van der Waals surface area contributed by atoms with Crippen molar-refractivity contribution >= 4 is 35.0 Å². The predicted molar refractivity (Wildman–Crippen MR) is 73.1 cm³/mol. The van der Waals surface area contributed by atoms with Crippen LogP contribution in [0.25, 0.3) is 0 Å². The molecular formula is C13H11N3S. The van der Waals surface area contributed by atoms with Crippen molar-refractivity contribution in [2.24, 2.45) is 4.99 Å². The van der Waals surface area contributed by atoms with Gasteiger partial charge < -0.3 is 11.5 Å². The first kappa shape index (κ1) is 10.2. The van der Waals surface area contributed by atoms with Crippen molar-refractivity contribution in [1.82, 2.24) is 0 Å². The summed E-state index contributed by atoms with van der Waals surface area (Å²) in [5.74, 6) is 0. The number of nitrogens with zero attached hydrogens (tertiary/aromatic N) is 1. The fourth-order valence-corrected chi connectivity index (χ4v) is 2.78. The van der Waals surface area contributed by atoms with Gasteiger partial charge in [0, 0.05) is 21.6 Å². The number of hydrogen-bond acceptors (Lipinski definition) is 4. The van der Waals surface area contributed by atoms with E-state index in [-0.39, 0.29) is 0 Å². The van der Waals surface area contributed by atoms with Crippen LogP contribution in [-0.4, -0.2) is 6.21 Å². The average Bonchev–Trinajstić information content (AvgIpc) is 2.53. The molecule has 0 aliphatic carbocycles. The highest BCUT2D eigenvalue weighted by atomic mass is 32.2. The van der Waals surface area contributed by atoms with Crippen molar-refractivity contribution in [3.05, 3.63) is 42.0 Å². The number of aliphatic imine (C=N–C) groups is 1. The van der Waals surface area contributed by atoms with Gasteiger partial charge in [0.2, 0.25) is 0 Å². The second-order valence-corrected chi connectivity index (χ2v) is 4.89. The summed E-state index contributed by atoms with van der Waals surface area (Å²) in [6.45, 7) is 0. The van der Waals surface area contributed by atoms with Crippen LogP contribution in [-0.2, 0) is 0 Å². The van der Waals surface area contributed by atoms with Gasteiger partial charge >= 0.3 is 0 Å². The van der Waals surface area contributed by atoms with Crippen molar-refractivity contribution in [1.29, 1.82) is 0 Å². The molecule has 0 saturated heterocycles. The van der Waals surface area contributed by atoms with E-state index in [1.54, 1.807) is 18.0 Å². The Morgan fingerprint density at radius 1 is 0.941 bits per heavy atom. The van der Waals surface area contributed by atoms with Crippen LogP contribution < -0.4 is 11.5 Å². The van der Waals surface area contributed by atoms with Gasteiger partial charge in [-0.2, -0.15) is 0 Å². The monoisotopic (exact) mass is 241 g/mol. The van der Waals surface area contributed by atoms with E-state index < -0.39 is 0 Å². The first-order valence-corrected chi connectivity index (χ1v) is 6.06. The van der Waals surface area contributed by atoms with E-state index in [1.807, 2.05) is 30.3 Å². The molecule has 0 saturated carbocycles. The summed E-state index contributed by atoms with van der Waals surface area (Å²) in [7, 11) is 0. The largest absolute Gasteiger partial charge is 0.397 e. The van der Waals surface area contributed by atoms with Crippen LogP contribution in [0.15, 0.2) is 51.2 Å². The van der Waals surface area contributed by atoms with Crippen LogP contribution in [0.3, 0.4) is 0 Å². The lowest BCUT2D eigenvalue weighted by Crippen LogP contribution is -2.00. The molecule has 17 heavy (non-hydrogen) atoms. The zero-order valence-electron chi connectivity index (χ0n) is 9.05. The summed E-state index contributed by atoms with van der Waals surface area (Å²) < 4.78 is 0. The van der Waals surface area contributed by atoms with E-state index in [9.17, 15) is 0 Å². The Hall–Kier alpha value is -1.94. The van der Waals surface area contributed by atoms with Crippen molar-refractivity contribution in [3.63, 3.8) is 0 Å². The van der Waals surface area contributed by atoms with Crippen molar-refractivity contribution in [2.45, 2.75) is 9.79 Å². The number of fused-ring (bicyclic) bond motifs is 2. The Kier molecular flexibility index (Phi) is 2.30. The van der Waals surface area contributed by atoms with Gasteiger partial charge in [0.1, 0.15) is 0 Å². The lowest BCUT2D eigenvalue weighted by atomic mass is 10.1. The molecule has 1 aliphatic heterocycles. The van der Waals surface area contributed by atoms with E-state index >= 15 is 0 Å². The van der Waals surface area contributed by atoms with Crippen molar-refractivity contribution in [2.75, 3.05) is 11.5 Å². The number of nitrogen functional groups attached to an aromatic ring is 2. The number of hydrogen-bond donors (Lipinski definition) is 2. The lowest BCUT2D eigenvalue weighted by Gasteiger charge is -2.08. The maximum absolute atomic E-state index is 5.98. The normalized spacial score (nSPS) is 12.7.